The second-order valence-electron chi connectivity index (χ2n) is 4.67. The molecular weight excluding hydrogens is 461 g/mol. The Labute approximate surface area is 163 Å². The van der Waals surface area contributed by atoms with E-state index in [-0.39, 0.29) is 17.0 Å². The lowest BCUT2D eigenvalue weighted by atomic mass is 9.80. The highest BCUT2D eigenvalue weighted by atomic mass is 79.9. The van der Waals surface area contributed by atoms with Crippen LogP contribution in [0.4, 0.5) is 26.3 Å². The first-order valence-corrected chi connectivity index (χ1v) is 7.88. The van der Waals surface area contributed by atoms with Crippen molar-refractivity contribution in [3.63, 3.8) is 0 Å². The molecule has 0 saturated carbocycles. The summed E-state index contributed by atoms with van der Waals surface area (Å²) in [6.45, 7) is 0. The minimum Gasteiger partial charge on any atom is -0.428 e. The lowest BCUT2D eigenvalue weighted by Crippen LogP contribution is -2.29. The number of ether oxygens (including phenoxy) is 2. The Hall–Kier alpha value is -2.44. The van der Waals surface area contributed by atoms with Gasteiger partial charge in [0, 0.05) is 4.47 Å². The number of hydrogen-bond donors (Lipinski definition) is 2. The van der Waals surface area contributed by atoms with E-state index in [0.717, 1.165) is 16.6 Å². The van der Waals surface area contributed by atoms with Gasteiger partial charge < -0.3 is 19.5 Å². The minimum absolute atomic E-state index is 0.0218. The van der Waals surface area contributed by atoms with E-state index in [9.17, 15) is 26.3 Å². The zero-order chi connectivity index (χ0) is 21.3. The predicted molar refractivity (Wildman–Crippen MR) is 92.4 cm³/mol. The van der Waals surface area contributed by atoms with Gasteiger partial charge in [0.05, 0.1) is 0 Å². The van der Waals surface area contributed by atoms with Crippen molar-refractivity contribution in [2.45, 2.75) is 0 Å². The van der Waals surface area contributed by atoms with Gasteiger partial charge in [-0.25, -0.2) is 0 Å². The van der Waals surface area contributed by atoms with Crippen LogP contribution in [0.2, 0.25) is 0 Å². The molecule has 0 heterocycles. The first-order chi connectivity index (χ1) is 13.1. The highest BCUT2D eigenvalue weighted by Crippen LogP contribution is 2.20. The number of benzene rings is 2. The molecule has 0 atom stereocenters. The zero-order valence-corrected chi connectivity index (χ0v) is 15.1. The Bertz CT molecular complexity index is 820. The maximum atomic E-state index is 12.3. The molecule has 0 aliphatic heterocycles. The van der Waals surface area contributed by atoms with Gasteiger partial charge >= 0.3 is 31.3 Å². The molecule has 2 aromatic rings. The molecule has 28 heavy (non-hydrogen) atoms. The fraction of sp³-hybridized carbons (Fsp3) is 0. The molecule has 0 aliphatic rings. The van der Waals surface area contributed by atoms with Crippen LogP contribution in [0.25, 0.3) is 0 Å². The van der Waals surface area contributed by atoms with Gasteiger partial charge in [-0.05, 0) is 41.9 Å². The van der Waals surface area contributed by atoms with Gasteiger partial charge in [-0.1, -0.05) is 28.1 Å². The lowest BCUT2D eigenvalue weighted by molar-refractivity contribution is 0.241. The summed E-state index contributed by atoms with van der Waals surface area (Å²) >= 11 is 3.13. The third kappa shape index (κ3) is 8.50. The molecular formula is C16H10BBrF6O4. The molecule has 0 radical (unpaired) electrons. The predicted octanol–water partition coefficient (Wildman–Crippen LogP) is 4.64. The maximum Gasteiger partial charge on any atom is 0.488 e. The van der Waals surface area contributed by atoms with E-state index in [1.54, 1.807) is 12.1 Å². The van der Waals surface area contributed by atoms with Gasteiger partial charge in [0.1, 0.15) is 11.5 Å². The first kappa shape index (κ1) is 23.6. The molecule has 0 amide bonds. The van der Waals surface area contributed by atoms with Gasteiger partial charge in [0.2, 0.25) is 0 Å². The Balaban J connectivity index is 0.000000283. The van der Waals surface area contributed by atoms with E-state index in [2.05, 4.69) is 25.4 Å². The summed E-state index contributed by atoms with van der Waals surface area (Å²) in [5.41, 5.74) is 0.146. The van der Waals surface area contributed by atoms with E-state index in [1.165, 1.54) is 24.3 Å². The third-order valence-electron chi connectivity index (χ3n) is 2.70. The van der Waals surface area contributed by atoms with Gasteiger partial charge in [-0.2, -0.15) is 26.3 Å². The highest BCUT2D eigenvalue weighted by molar-refractivity contribution is 9.10. The van der Waals surface area contributed by atoms with Crippen LogP contribution in [-0.2, 0) is 0 Å². The van der Waals surface area contributed by atoms with Crippen molar-refractivity contribution in [2.24, 2.45) is 0 Å². The Kier molecular flexibility index (Phi) is 9.63. The summed E-state index contributed by atoms with van der Waals surface area (Å²) in [5, 5.41) is 17.4. The lowest BCUT2D eigenvalue weighted by Gasteiger charge is -2.03. The van der Waals surface area contributed by atoms with Crippen molar-refractivity contribution < 1.29 is 45.9 Å². The molecule has 0 aliphatic carbocycles. The van der Waals surface area contributed by atoms with Crippen LogP contribution in [0.3, 0.4) is 0 Å². The summed E-state index contributed by atoms with van der Waals surface area (Å²) in [6, 6.07) is 6.69. The molecule has 0 saturated heterocycles. The highest BCUT2D eigenvalue weighted by Gasteiger charge is 2.12. The van der Waals surface area contributed by atoms with Crippen molar-refractivity contribution >= 4 is 28.5 Å². The summed E-state index contributed by atoms with van der Waals surface area (Å²) in [4.78, 5) is 0. The summed E-state index contributed by atoms with van der Waals surface area (Å²) in [6.07, 6.45) is -5.02. The smallest absolute Gasteiger partial charge is 0.428 e. The van der Waals surface area contributed by atoms with E-state index in [4.69, 9.17) is 10.0 Å². The van der Waals surface area contributed by atoms with E-state index in [0.29, 0.717) is 0 Å². The Morgan fingerprint density at radius 1 is 0.679 bits per heavy atom. The van der Waals surface area contributed by atoms with Crippen LogP contribution in [0.15, 0.2) is 77.2 Å². The topological polar surface area (TPSA) is 58.9 Å². The third-order valence-corrected chi connectivity index (χ3v) is 3.23. The van der Waals surface area contributed by atoms with Crippen LogP contribution in [0, 0.1) is 0 Å². The van der Waals surface area contributed by atoms with Gasteiger partial charge in [0.25, 0.3) is 0 Å². The largest absolute Gasteiger partial charge is 0.488 e. The van der Waals surface area contributed by atoms with Gasteiger partial charge in [-0.15, -0.1) is 0 Å². The molecule has 12 heteroatoms. The van der Waals surface area contributed by atoms with Crippen LogP contribution in [0.1, 0.15) is 0 Å². The standard InChI is InChI=1S/C8H6BF3O3.C8H4BrF3O/c10-7(11)8(12)15-6-3-1-5(2-4-6)9(13)14;9-5-1-3-6(4-2-5)13-8(12)7(10)11/h1-4,13-14H;1-4H. The van der Waals surface area contributed by atoms with Crippen LogP contribution < -0.4 is 14.9 Å². The average molecular weight is 471 g/mol. The molecule has 4 nitrogen and oxygen atoms in total. The molecule has 0 aromatic heterocycles. The monoisotopic (exact) mass is 470 g/mol. The summed E-state index contributed by atoms with van der Waals surface area (Å²) in [5.74, 6) is -0.141. The first-order valence-electron chi connectivity index (χ1n) is 7.09. The normalized spacial score (nSPS) is 9.61. The van der Waals surface area contributed by atoms with Crippen molar-refractivity contribution in [3.8, 4) is 11.5 Å². The quantitative estimate of drug-likeness (QED) is 0.379. The summed E-state index contributed by atoms with van der Waals surface area (Å²) < 4.78 is 79.9. The Morgan fingerprint density at radius 3 is 1.36 bits per heavy atom. The fourth-order valence-electron chi connectivity index (χ4n) is 1.49. The molecule has 2 aromatic carbocycles. The number of rotatable bonds is 5. The van der Waals surface area contributed by atoms with E-state index >= 15 is 0 Å². The van der Waals surface area contributed by atoms with E-state index < -0.39 is 31.3 Å². The van der Waals surface area contributed by atoms with Crippen LogP contribution >= 0.6 is 15.9 Å². The second-order valence-corrected chi connectivity index (χ2v) is 5.58. The maximum absolute atomic E-state index is 12.3. The molecule has 0 spiro atoms. The van der Waals surface area contributed by atoms with Crippen LogP contribution in [-0.4, -0.2) is 17.2 Å². The van der Waals surface area contributed by atoms with Gasteiger partial charge in [-0.3, -0.25) is 0 Å². The van der Waals surface area contributed by atoms with Crippen molar-refractivity contribution in [2.75, 3.05) is 0 Å². The average Bonchev–Trinajstić information content (AvgIpc) is 2.64. The van der Waals surface area contributed by atoms with Crippen LogP contribution in [0.5, 0.6) is 11.5 Å². The van der Waals surface area contributed by atoms with Crippen molar-refractivity contribution in [1.29, 1.82) is 0 Å². The fourth-order valence-corrected chi connectivity index (χ4v) is 1.76. The van der Waals surface area contributed by atoms with Crippen molar-refractivity contribution in [3.05, 3.63) is 77.2 Å². The van der Waals surface area contributed by atoms with E-state index in [1.807, 2.05) is 0 Å². The molecule has 0 fully saturated rings. The molecule has 150 valence electrons. The van der Waals surface area contributed by atoms with Gasteiger partial charge in [0.15, 0.2) is 0 Å². The number of halogens is 7. The SMILES string of the molecule is FC(F)=C(F)Oc1ccc(Br)cc1.OB(O)c1ccc(OC(F)=C(F)F)cc1. The second kappa shape index (κ2) is 11.4. The molecule has 0 bridgehead atoms. The summed E-state index contributed by atoms with van der Waals surface area (Å²) in [7, 11) is -1.67. The molecule has 2 N–H and O–H groups in total. The molecule has 2 rings (SSSR count). The van der Waals surface area contributed by atoms with Crippen molar-refractivity contribution in [1.82, 2.24) is 0 Å². The number of hydrogen-bond acceptors (Lipinski definition) is 4. The molecule has 0 unspecified atom stereocenters. The zero-order valence-electron chi connectivity index (χ0n) is 13.6. The minimum atomic E-state index is -2.55. The Morgan fingerprint density at radius 2 is 1.04 bits per heavy atom.